The third-order valence-corrected chi connectivity index (χ3v) is 6.43. The van der Waals surface area contributed by atoms with Crippen LogP contribution in [0.4, 0.5) is 5.69 Å². The summed E-state index contributed by atoms with van der Waals surface area (Å²) in [4.78, 5) is 7.38. The van der Waals surface area contributed by atoms with Crippen LogP contribution >= 0.6 is 24.0 Å². The molecule has 1 atom stereocenters. The highest BCUT2D eigenvalue weighted by Crippen LogP contribution is 2.31. The van der Waals surface area contributed by atoms with Crippen molar-refractivity contribution in [1.82, 2.24) is 10.6 Å². The fourth-order valence-corrected chi connectivity index (χ4v) is 4.64. The van der Waals surface area contributed by atoms with E-state index in [0.29, 0.717) is 19.2 Å². The number of hydrogen-bond acceptors (Lipinski definition) is 4. The van der Waals surface area contributed by atoms with Crippen molar-refractivity contribution in [1.29, 1.82) is 0 Å². The molecule has 1 unspecified atom stereocenters. The van der Waals surface area contributed by atoms with Gasteiger partial charge in [0, 0.05) is 49.8 Å². The van der Waals surface area contributed by atoms with Crippen LogP contribution in [0.5, 0.6) is 5.75 Å². The van der Waals surface area contributed by atoms with Gasteiger partial charge in [-0.1, -0.05) is 36.4 Å². The summed E-state index contributed by atoms with van der Waals surface area (Å²) in [5, 5.41) is 7.42. The lowest BCUT2D eigenvalue weighted by atomic mass is 10.0. The lowest BCUT2D eigenvalue weighted by molar-refractivity contribution is 0.261. The summed E-state index contributed by atoms with van der Waals surface area (Å²) in [6.45, 7) is 3.48. The molecule has 0 amide bonds. The molecule has 0 aliphatic carbocycles. The van der Waals surface area contributed by atoms with E-state index < -0.39 is 0 Å². The smallest absolute Gasteiger partial charge is 0.191 e. The van der Waals surface area contributed by atoms with E-state index in [0.717, 1.165) is 56.2 Å². The van der Waals surface area contributed by atoms with Crippen molar-refractivity contribution in [3.8, 4) is 5.75 Å². The highest BCUT2D eigenvalue weighted by molar-refractivity contribution is 14.0. The number of guanidine groups is 1. The number of nitrogens with one attached hydrogen (secondary N) is 2. The van der Waals surface area contributed by atoms with Crippen molar-refractivity contribution >= 4 is 35.6 Å². The highest BCUT2D eigenvalue weighted by atomic mass is 127. The highest BCUT2D eigenvalue weighted by Gasteiger charge is 2.24. The van der Waals surface area contributed by atoms with Gasteiger partial charge in [0.1, 0.15) is 11.5 Å². The lowest BCUT2D eigenvalue weighted by Crippen LogP contribution is -2.50. The first kappa shape index (κ1) is 24.4. The SMILES string of the molecule is I.c1ccc(N2CCC(NC(=NCCc3ccco3)NC3CCOc4ccccc43)CC2)cc1. The number of hydrogen-bond donors (Lipinski definition) is 2. The molecule has 0 saturated carbocycles. The topological polar surface area (TPSA) is 62.0 Å². The number of rotatable bonds is 6. The average Bonchev–Trinajstić information content (AvgIpc) is 3.39. The van der Waals surface area contributed by atoms with E-state index in [-0.39, 0.29) is 30.0 Å². The number of piperidine rings is 1. The molecular weight excluding hydrogens is 539 g/mol. The molecule has 7 heteroatoms. The number of para-hydroxylation sites is 2. The molecule has 0 radical (unpaired) electrons. The minimum Gasteiger partial charge on any atom is -0.493 e. The van der Waals surface area contributed by atoms with E-state index in [1.807, 2.05) is 24.3 Å². The number of halogens is 1. The minimum absolute atomic E-state index is 0. The molecule has 34 heavy (non-hydrogen) atoms. The van der Waals surface area contributed by atoms with Gasteiger partial charge in [-0.3, -0.25) is 4.99 Å². The van der Waals surface area contributed by atoms with Crippen molar-refractivity contribution < 1.29 is 9.15 Å². The van der Waals surface area contributed by atoms with Crippen LogP contribution in [0.2, 0.25) is 0 Å². The summed E-state index contributed by atoms with van der Waals surface area (Å²) in [5.41, 5.74) is 2.50. The van der Waals surface area contributed by atoms with Gasteiger partial charge < -0.3 is 24.7 Å². The molecule has 180 valence electrons. The molecule has 5 rings (SSSR count). The fourth-order valence-electron chi connectivity index (χ4n) is 4.64. The zero-order valence-corrected chi connectivity index (χ0v) is 21.7. The summed E-state index contributed by atoms with van der Waals surface area (Å²) in [5.74, 6) is 2.81. The molecule has 2 N–H and O–H groups in total. The van der Waals surface area contributed by atoms with Crippen molar-refractivity contribution in [2.24, 2.45) is 4.99 Å². The van der Waals surface area contributed by atoms with Crippen LogP contribution < -0.4 is 20.3 Å². The summed E-state index contributed by atoms with van der Waals surface area (Å²) >= 11 is 0. The van der Waals surface area contributed by atoms with Crippen LogP contribution in [0, 0.1) is 0 Å². The molecule has 1 aromatic heterocycles. The Morgan fingerprint density at radius 1 is 0.912 bits per heavy atom. The third-order valence-electron chi connectivity index (χ3n) is 6.43. The quantitative estimate of drug-likeness (QED) is 0.243. The van der Waals surface area contributed by atoms with Gasteiger partial charge in [0.05, 0.1) is 18.9 Å². The van der Waals surface area contributed by atoms with E-state index in [4.69, 9.17) is 14.1 Å². The van der Waals surface area contributed by atoms with Gasteiger partial charge in [-0.2, -0.15) is 0 Å². The van der Waals surface area contributed by atoms with E-state index in [1.54, 1.807) is 6.26 Å². The Morgan fingerprint density at radius 2 is 1.71 bits per heavy atom. The zero-order valence-electron chi connectivity index (χ0n) is 19.4. The third kappa shape index (κ3) is 6.25. The monoisotopic (exact) mass is 572 g/mol. The summed E-state index contributed by atoms with van der Waals surface area (Å²) < 4.78 is 11.3. The first-order valence-corrected chi connectivity index (χ1v) is 12.0. The summed E-state index contributed by atoms with van der Waals surface area (Å²) in [7, 11) is 0. The fraction of sp³-hybridized carbons (Fsp3) is 0.370. The van der Waals surface area contributed by atoms with E-state index in [1.165, 1.54) is 11.3 Å². The average molecular weight is 572 g/mol. The predicted octanol–water partition coefficient (Wildman–Crippen LogP) is 5.17. The van der Waals surface area contributed by atoms with Crippen LogP contribution in [-0.2, 0) is 6.42 Å². The van der Waals surface area contributed by atoms with Crippen LogP contribution in [0.25, 0.3) is 0 Å². The first-order chi connectivity index (χ1) is 16.3. The first-order valence-electron chi connectivity index (χ1n) is 12.0. The van der Waals surface area contributed by atoms with Gasteiger partial charge in [-0.05, 0) is 43.2 Å². The molecule has 1 fully saturated rings. The van der Waals surface area contributed by atoms with Gasteiger partial charge in [0.15, 0.2) is 5.96 Å². The predicted molar refractivity (Wildman–Crippen MR) is 147 cm³/mol. The molecular formula is C27H33IN4O2. The van der Waals surface area contributed by atoms with E-state index in [9.17, 15) is 0 Å². The van der Waals surface area contributed by atoms with Gasteiger partial charge in [-0.25, -0.2) is 0 Å². The number of fused-ring (bicyclic) bond motifs is 1. The normalized spacial score (nSPS) is 18.4. The molecule has 3 aromatic rings. The Labute approximate surface area is 218 Å². The molecule has 1 saturated heterocycles. The van der Waals surface area contributed by atoms with E-state index >= 15 is 0 Å². The Balaban J connectivity index is 0.00000274. The molecule has 0 bridgehead atoms. The van der Waals surface area contributed by atoms with Crippen molar-refractivity contribution in [2.45, 2.75) is 37.8 Å². The number of anilines is 1. The maximum Gasteiger partial charge on any atom is 0.191 e. The number of aliphatic imine (C=N–C) groups is 1. The zero-order chi connectivity index (χ0) is 22.3. The Kier molecular flexibility index (Phi) is 8.73. The van der Waals surface area contributed by atoms with Crippen molar-refractivity contribution in [2.75, 3.05) is 31.1 Å². The van der Waals surface area contributed by atoms with Gasteiger partial charge in [-0.15, -0.1) is 24.0 Å². The second-order valence-electron chi connectivity index (χ2n) is 8.67. The van der Waals surface area contributed by atoms with Crippen molar-refractivity contribution in [3.63, 3.8) is 0 Å². The maximum absolute atomic E-state index is 5.85. The van der Waals surface area contributed by atoms with E-state index in [2.05, 4.69) is 58.0 Å². The number of ether oxygens (including phenoxy) is 1. The molecule has 2 aliphatic rings. The largest absolute Gasteiger partial charge is 0.493 e. The van der Waals surface area contributed by atoms with Crippen LogP contribution in [0.15, 0.2) is 82.4 Å². The second-order valence-corrected chi connectivity index (χ2v) is 8.67. The standard InChI is InChI=1S/C27H32N4O2.HI/c1-2-7-22(8-3-1)31-17-13-21(14-18-31)29-27(28-16-12-23-9-6-19-32-23)30-25-15-20-33-26-11-5-4-10-24(25)26;/h1-11,19,21,25H,12-18,20H2,(H2,28,29,30);1H. The molecule has 0 spiro atoms. The number of benzene rings is 2. The van der Waals surface area contributed by atoms with Gasteiger partial charge >= 0.3 is 0 Å². The number of furan rings is 1. The van der Waals surface area contributed by atoms with Crippen LogP contribution in [0.1, 0.15) is 36.6 Å². The molecule has 6 nitrogen and oxygen atoms in total. The Hall–Kier alpha value is -2.68. The van der Waals surface area contributed by atoms with Crippen LogP contribution in [0.3, 0.4) is 0 Å². The Bertz CT molecular complexity index is 1030. The minimum atomic E-state index is 0. The van der Waals surface area contributed by atoms with Gasteiger partial charge in [0.2, 0.25) is 0 Å². The Morgan fingerprint density at radius 3 is 2.50 bits per heavy atom. The van der Waals surface area contributed by atoms with Gasteiger partial charge in [0.25, 0.3) is 0 Å². The molecule has 2 aliphatic heterocycles. The number of nitrogens with zero attached hydrogens (tertiary/aromatic N) is 2. The lowest BCUT2D eigenvalue weighted by Gasteiger charge is -2.35. The second kappa shape index (κ2) is 12.1. The molecule has 2 aromatic carbocycles. The molecule has 3 heterocycles. The summed E-state index contributed by atoms with van der Waals surface area (Å²) in [6, 6.07) is 23.5. The summed E-state index contributed by atoms with van der Waals surface area (Å²) in [6.07, 6.45) is 5.59. The maximum atomic E-state index is 5.85. The van der Waals surface area contributed by atoms with Crippen molar-refractivity contribution in [3.05, 3.63) is 84.3 Å². The van der Waals surface area contributed by atoms with Crippen LogP contribution in [-0.4, -0.2) is 38.2 Å².